The van der Waals surface area contributed by atoms with Gasteiger partial charge in [-0.1, -0.05) is 24.8 Å². The lowest BCUT2D eigenvalue weighted by Gasteiger charge is -2.05. The van der Waals surface area contributed by atoms with Crippen LogP contribution >= 0.6 is 0 Å². The molecule has 1 heterocycles. The molecule has 0 saturated carbocycles. The lowest BCUT2D eigenvalue weighted by molar-refractivity contribution is -0.132. The summed E-state index contributed by atoms with van der Waals surface area (Å²) in [5.41, 5.74) is -0.389. The van der Waals surface area contributed by atoms with Crippen LogP contribution in [0.5, 0.6) is 0 Å². The Labute approximate surface area is 96.6 Å². The molecule has 0 aliphatic rings. The number of hydrogen-bond acceptors (Lipinski definition) is 3. The largest absolute Gasteiger partial charge is 0.478 e. The Morgan fingerprint density at radius 2 is 2.12 bits per heavy atom. The van der Waals surface area contributed by atoms with E-state index in [9.17, 15) is 9.59 Å². The Morgan fingerprint density at radius 3 is 2.82 bits per heavy atom. The Morgan fingerprint density at radius 1 is 1.41 bits per heavy atom. The fourth-order valence-corrected chi connectivity index (χ4v) is 1.49. The van der Waals surface area contributed by atoms with Gasteiger partial charge >= 0.3 is 5.97 Å². The SMILES string of the molecule is C=C(Cn1ncc2ccccc2c1=O)C(=O)O. The molecule has 17 heavy (non-hydrogen) atoms. The predicted molar refractivity (Wildman–Crippen MR) is 62.8 cm³/mol. The molecule has 1 aromatic heterocycles. The molecule has 0 atom stereocenters. The second-order valence-corrected chi connectivity index (χ2v) is 3.60. The van der Waals surface area contributed by atoms with E-state index in [1.54, 1.807) is 18.2 Å². The van der Waals surface area contributed by atoms with Gasteiger partial charge in [0.25, 0.3) is 5.56 Å². The van der Waals surface area contributed by atoms with Crippen molar-refractivity contribution in [2.75, 3.05) is 0 Å². The number of benzene rings is 1. The zero-order chi connectivity index (χ0) is 12.4. The van der Waals surface area contributed by atoms with Crippen LogP contribution in [0.3, 0.4) is 0 Å². The molecule has 5 nitrogen and oxygen atoms in total. The van der Waals surface area contributed by atoms with Crippen molar-refractivity contribution in [3.05, 3.63) is 53.0 Å². The van der Waals surface area contributed by atoms with Gasteiger partial charge in [0.1, 0.15) is 0 Å². The summed E-state index contributed by atoms with van der Waals surface area (Å²) in [7, 11) is 0. The molecular weight excluding hydrogens is 220 g/mol. The van der Waals surface area contributed by atoms with Crippen LogP contribution in [0.15, 0.2) is 47.4 Å². The molecule has 0 bridgehead atoms. The highest BCUT2D eigenvalue weighted by molar-refractivity contribution is 5.85. The van der Waals surface area contributed by atoms with Gasteiger partial charge in [-0.05, 0) is 6.07 Å². The first-order chi connectivity index (χ1) is 8.09. The first kappa shape index (κ1) is 11.1. The molecule has 1 N–H and O–H groups in total. The highest BCUT2D eigenvalue weighted by Gasteiger charge is 2.08. The topological polar surface area (TPSA) is 72.2 Å². The van der Waals surface area contributed by atoms with Gasteiger partial charge in [-0.25, -0.2) is 9.48 Å². The quantitative estimate of drug-likeness (QED) is 0.799. The van der Waals surface area contributed by atoms with Crippen molar-refractivity contribution < 1.29 is 9.90 Å². The minimum absolute atomic E-state index is 0.0742. The molecule has 0 unspecified atom stereocenters. The van der Waals surface area contributed by atoms with Crippen molar-refractivity contribution in [2.45, 2.75) is 6.54 Å². The number of carboxylic acids is 1. The van der Waals surface area contributed by atoms with E-state index in [0.717, 1.165) is 10.1 Å². The van der Waals surface area contributed by atoms with Gasteiger partial charge in [0.15, 0.2) is 0 Å². The molecule has 1 aromatic carbocycles. The minimum Gasteiger partial charge on any atom is -0.478 e. The van der Waals surface area contributed by atoms with Crippen LogP contribution in [0.2, 0.25) is 0 Å². The smallest absolute Gasteiger partial charge is 0.332 e. The van der Waals surface area contributed by atoms with Gasteiger partial charge in [-0.15, -0.1) is 0 Å². The standard InChI is InChI=1S/C12H10N2O3/c1-8(12(16)17)7-14-11(15)10-5-3-2-4-9(10)6-13-14/h2-6H,1,7H2,(H,16,17). The Kier molecular flexibility index (Phi) is 2.74. The van der Waals surface area contributed by atoms with E-state index in [2.05, 4.69) is 11.7 Å². The number of aliphatic carboxylic acids is 1. The molecule has 86 valence electrons. The van der Waals surface area contributed by atoms with E-state index < -0.39 is 5.97 Å². The van der Waals surface area contributed by atoms with Crippen molar-refractivity contribution in [1.82, 2.24) is 9.78 Å². The fraction of sp³-hybridized carbons (Fsp3) is 0.0833. The van der Waals surface area contributed by atoms with Crippen molar-refractivity contribution in [1.29, 1.82) is 0 Å². The second kappa shape index (κ2) is 4.21. The highest BCUT2D eigenvalue weighted by Crippen LogP contribution is 2.06. The van der Waals surface area contributed by atoms with Crippen molar-refractivity contribution in [3.8, 4) is 0 Å². The molecule has 0 radical (unpaired) electrons. The number of nitrogens with zero attached hydrogens (tertiary/aromatic N) is 2. The number of fused-ring (bicyclic) bond motifs is 1. The maximum absolute atomic E-state index is 12.0. The van der Waals surface area contributed by atoms with Gasteiger partial charge in [0.05, 0.1) is 23.7 Å². The fourth-order valence-electron chi connectivity index (χ4n) is 1.49. The summed E-state index contributed by atoms with van der Waals surface area (Å²) in [5, 5.41) is 13.9. The highest BCUT2D eigenvalue weighted by atomic mass is 16.4. The van der Waals surface area contributed by atoms with Crippen molar-refractivity contribution in [2.24, 2.45) is 0 Å². The summed E-state index contributed by atoms with van der Waals surface area (Å²) in [6.07, 6.45) is 1.53. The van der Waals surface area contributed by atoms with Crippen LogP contribution in [0, 0.1) is 0 Å². The van der Waals surface area contributed by atoms with Gasteiger partial charge in [0.2, 0.25) is 0 Å². The first-order valence-corrected chi connectivity index (χ1v) is 4.95. The third-order valence-corrected chi connectivity index (χ3v) is 2.40. The Balaban J connectivity index is 2.50. The van der Waals surface area contributed by atoms with Crippen LogP contribution in [-0.2, 0) is 11.3 Å². The molecule has 0 saturated heterocycles. The molecule has 5 heteroatoms. The maximum atomic E-state index is 12.0. The molecule has 0 amide bonds. The average Bonchev–Trinajstić information content (AvgIpc) is 2.33. The van der Waals surface area contributed by atoms with E-state index in [1.807, 2.05) is 6.07 Å². The summed E-state index contributed by atoms with van der Waals surface area (Å²) in [4.78, 5) is 22.6. The second-order valence-electron chi connectivity index (χ2n) is 3.60. The summed E-state index contributed by atoms with van der Waals surface area (Å²) >= 11 is 0. The van der Waals surface area contributed by atoms with Gasteiger partial charge in [-0.2, -0.15) is 5.10 Å². The number of carboxylic acid groups (broad SMARTS) is 1. The number of rotatable bonds is 3. The summed E-state index contributed by atoms with van der Waals surface area (Å²) in [5.74, 6) is -1.13. The zero-order valence-electron chi connectivity index (χ0n) is 8.96. The molecule has 0 fully saturated rings. The van der Waals surface area contributed by atoms with E-state index in [1.165, 1.54) is 6.20 Å². The maximum Gasteiger partial charge on any atom is 0.332 e. The Bertz CT molecular complexity index is 658. The van der Waals surface area contributed by atoms with Gasteiger partial charge in [0, 0.05) is 5.39 Å². The van der Waals surface area contributed by atoms with Crippen LogP contribution in [0.25, 0.3) is 10.8 Å². The lowest BCUT2D eigenvalue weighted by atomic mass is 10.2. The number of hydrogen-bond donors (Lipinski definition) is 1. The van der Waals surface area contributed by atoms with Crippen molar-refractivity contribution in [3.63, 3.8) is 0 Å². The third-order valence-electron chi connectivity index (χ3n) is 2.40. The average molecular weight is 230 g/mol. The van der Waals surface area contributed by atoms with Gasteiger partial charge < -0.3 is 5.11 Å². The van der Waals surface area contributed by atoms with E-state index in [4.69, 9.17) is 5.11 Å². The van der Waals surface area contributed by atoms with Crippen LogP contribution < -0.4 is 5.56 Å². The summed E-state index contributed by atoms with van der Waals surface area (Å²) in [6, 6.07) is 7.02. The van der Waals surface area contributed by atoms with E-state index >= 15 is 0 Å². The molecular formula is C12H10N2O3. The minimum atomic E-state index is -1.13. The zero-order valence-corrected chi connectivity index (χ0v) is 8.96. The molecule has 2 rings (SSSR count). The number of carbonyl (C=O) groups is 1. The molecule has 0 aliphatic heterocycles. The first-order valence-electron chi connectivity index (χ1n) is 4.95. The van der Waals surface area contributed by atoms with Crippen LogP contribution in [0.1, 0.15) is 0 Å². The predicted octanol–water partition coefficient (Wildman–Crippen LogP) is 1.04. The van der Waals surface area contributed by atoms with E-state index in [-0.39, 0.29) is 17.7 Å². The molecule has 0 aliphatic carbocycles. The number of aromatic nitrogens is 2. The van der Waals surface area contributed by atoms with Crippen molar-refractivity contribution >= 4 is 16.7 Å². The monoisotopic (exact) mass is 230 g/mol. The molecule has 2 aromatic rings. The lowest BCUT2D eigenvalue weighted by Crippen LogP contribution is -2.25. The Hall–Kier alpha value is -2.43. The summed E-state index contributed by atoms with van der Waals surface area (Å²) in [6.45, 7) is 3.26. The van der Waals surface area contributed by atoms with Crippen LogP contribution in [-0.4, -0.2) is 20.9 Å². The van der Waals surface area contributed by atoms with E-state index in [0.29, 0.717) is 5.39 Å². The summed E-state index contributed by atoms with van der Waals surface area (Å²) < 4.78 is 1.10. The molecule has 0 spiro atoms. The van der Waals surface area contributed by atoms with Crippen LogP contribution in [0.4, 0.5) is 0 Å². The normalized spacial score (nSPS) is 10.4. The van der Waals surface area contributed by atoms with Gasteiger partial charge in [-0.3, -0.25) is 4.79 Å². The third kappa shape index (κ3) is 2.08.